The molecule has 1 aromatic rings. The average molecular weight is 177 g/mol. The van der Waals surface area contributed by atoms with Crippen molar-refractivity contribution in [3.8, 4) is 0 Å². The lowest BCUT2D eigenvalue weighted by molar-refractivity contribution is 0.938. The Morgan fingerprint density at radius 2 is 2.15 bits per heavy atom. The predicted octanol–water partition coefficient (Wildman–Crippen LogP) is 1.72. The highest BCUT2D eigenvalue weighted by molar-refractivity contribution is 5.53. The third kappa shape index (κ3) is 1.74. The average Bonchev–Trinajstić information content (AvgIpc) is 2.71. The normalized spacial score (nSPS) is 16.2. The quantitative estimate of drug-likeness (QED) is 0.745. The van der Waals surface area contributed by atoms with Gasteiger partial charge in [-0.3, -0.25) is 0 Å². The summed E-state index contributed by atoms with van der Waals surface area (Å²) in [6.45, 7) is 2.31. The number of aromatic nitrogens is 1. The second-order valence-electron chi connectivity index (χ2n) is 3.35. The maximum atomic E-state index is 4.36. The van der Waals surface area contributed by atoms with Gasteiger partial charge in [-0.2, -0.15) is 0 Å². The molecular formula is C10H15N3. The Hall–Kier alpha value is -1.25. The zero-order chi connectivity index (χ0) is 9.10. The van der Waals surface area contributed by atoms with Gasteiger partial charge in [-0.25, -0.2) is 4.98 Å². The third-order valence-corrected chi connectivity index (χ3v) is 2.46. The van der Waals surface area contributed by atoms with Gasteiger partial charge in [0.1, 0.15) is 5.82 Å². The SMILES string of the molecule is CNc1ccnc(N2CCCC2)c1. The summed E-state index contributed by atoms with van der Waals surface area (Å²) in [5.74, 6) is 1.10. The molecule has 0 unspecified atom stereocenters. The number of hydrogen-bond acceptors (Lipinski definition) is 3. The summed E-state index contributed by atoms with van der Waals surface area (Å²) in [4.78, 5) is 6.69. The fraction of sp³-hybridized carbons (Fsp3) is 0.500. The van der Waals surface area contributed by atoms with E-state index in [1.54, 1.807) is 0 Å². The highest BCUT2D eigenvalue weighted by Gasteiger charge is 2.12. The molecule has 0 saturated carbocycles. The van der Waals surface area contributed by atoms with Crippen molar-refractivity contribution in [1.29, 1.82) is 0 Å². The first-order valence-electron chi connectivity index (χ1n) is 4.79. The summed E-state index contributed by atoms with van der Waals surface area (Å²) in [6.07, 6.45) is 4.45. The summed E-state index contributed by atoms with van der Waals surface area (Å²) < 4.78 is 0. The molecule has 1 fully saturated rings. The minimum absolute atomic E-state index is 1.10. The van der Waals surface area contributed by atoms with Gasteiger partial charge in [0.2, 0.25) is 0 Å². The molecule has 13 heavy (non-hydrogen) atoms. The van der Waals surface area contributed by atoms with Gasteiger partial charge in [0.05, 0.1) is 0 Å². The van der Waals surface area contributed by atoms with E-state index in [1.807, 2.05) is 19.3 Å². The summed E-state index contributed by atoms with van der Waals surface area (Å²) in [7, 11) is 1.93. The van der Waals surface area contributed by atoms with Crippen LogP contribution in [0, 0.1) is 0 Å². The number of nitrogens with zero attached hydrogens (tertiary/aromatic N) is 2. The van der Waals surface area contributed by atoms with Crippen molar-refractivity contribution in [2.45, 2.75) is 12.8 Å². The molecule has 0 amide bonds. The van der Waals surface area contributed by atoms with E-state index in [1.165, 1.54) is 12.8 Å². The van der Waals surface area contributed by atoms with Gasteiger partial charge < -0.3 is 10.2 Å². The van der Waals surface area contributed by atoms with Crippen LogP contribution >= 0.6 is 0 Å². The lowest BCUT2D eigenvalue weighted by atomic mass is 10.3. The van der Waals surface area contributed by atoms with Crippen LogP contribution in [0.15, 0.2) is 18.3 Å². The van der Waals surface area contributed by atoms with E-state index in [0.717, 1.165) is 24.6 Å². The van der Waals surface area contributed by atoms with Crippen LogP contribution in [-0.2, 0) is 0 Å². The first-order chi connectivity index (χ1) is 6.40. The van der Waals surface area contributed by atoms with Gasteiger partial charge in [-0.05, 0) is 18.9 Å². The maximum Gasteiger partial charge on any atom is 0.130 e. The minimum atomic E-state index is 1.10. The van der Waals surface area contributed by atoms with Crippen molar-refractivity contribution in [3.63, 3.8) is 0 Å². The van der Waals surface area contributed by atoms with E-state index < -0.39 is 0 Å². The predicted molar refractivity (Wildman–Crippen MR) is 55.2 cm³/mol. The first-order valence-corrected chi connectivity index (χ1v) is 4.79. The summed E-state index contributed by atoms with van der Waals surface area (Å²) in [5, 5.41) is 3.12. The fourth-order valence-corrected chi connectivity index (χ4v) is 1.69. The number of hydrogen-bond donors (Lipinski definition) is 1. The topological polar surface area (TPSA) is 28.2 Å². The highest BCUT2D eigenvalue weighted by atomic mass is 15.2. The van der Waals surface area contributed by atoms with Crippen LogP contribution < -0.4 is 10.2 Å². The van der Waals surface area contributed by atoms with Crippen LogP contribution in [0.25, 0.3) is 0 Å². The van der Waals surface area contributed by atoms with Crippen LogP contribution in [0.1, 0.15) is 12.8 Å². The van der Waals surface area contributed by atoms with Gasteiger partial charge in [-0.15, -0.1) is 0 Å². The Bertz CT molecular complexity index is 279. The van der Waals surface area contributed by atoms with E-state index >= 15 is 0 Å². The number of anilines is 2. The molecule has 70 valence electrons. The standard InChI is InChI=1S/C10H15N3/c1-11-9-4-5-12-10(8-9)13-6-2-3-7-13/h4-5,8H,2-3,6-7H2,1H3,(H,11,12). The zero-order valence-corrected chi connectivity index (χ0v) is 7.95. The Kier molecular flexibility index (Phi) is 2.34. The molecule has 3 nitrogen and oxygen atoms in total. The molecule has 1 aliphatic rings. The second kappa shape index (κ2) is 3.64. The Morgan fingerprint density at radius 3 is 2.85 bits per heavy atom. The molecule has 1 aromatic heterocycles. The molecule has 0 aliphatic carbocycles. The molecule has 0 radical (unpaired) electrons. The van der Waals surface area contributed by atoms with E-state index in [4.69, 9.17) is 0 Å². The van der Waals surface area contributed by atoms with E-state index in [-0.39, 0.29) is 0 Å². The molecule has 1 aliphatic heterocycles. The van der Waals surface area contributed by atoms with E-state index in [2.05, 4.69) is 21.3 Å². The van der Waals surface area contributed by atoms with Gasteiger partial charge in [0.25, 0.3) is 0 Å². The highest BCUT2D eigenvalue weighted by Crippen LogP contribution is 2.19. The Balaban J connectivity index is 2.18. The molecule has 0 spiro atoms. The lowest BCUT2D eigenvalue weighted by Crippen LogP contribution is -2.18. The molecule has 0 bridgehead atoms. The van der Waals surface area contributed by atoms with Crippen molar-refractivity contribution in [1.82, 2.24) is 4.98 Å². The van der Waals surface area contributed by atoms with Crippen LogP contribution in [0.5, 0.6) is 0 Å². The van der Waals surface area contributed by atoms with E-state index in [0.29, 0.717) is 0 Å². The van der Waals surface area contributed by atoms with Gasteiger partial charge >= 0.3 is 0 Å². The van der Waals surface area contributed by atoms with Crippen LogP contribution in [0.3, 0.4) is 0 Å². The number of rotatable bonds is 2. The van der Waals surface area contributed by atoms with Gasteiger partial charge in [-0.1, -0.05) is 0 Å². The lowest BCUT2D eigenvalue weighted by Gasteiger charge is -2.16. The van der Waals surface area contributed by atoms with E-state index in [9.17, 15) is 0 Å². The molecule has 3 heteroatoms. The Labute approximate surface area is 78.8 Å². The van der Waals surface area contributed by atoms with Gasteiger partial charge in [0.15, 0.2) is 0 Å². The van der Waals surface area contributed by atoms with Crippen molar-refractivity contribution >= 4 is 11.5 Å². The third-order valence-electron chi connectivity index (χ3n) is 2.46. The molecular weight excluding hydrogens is 162 g/mol. The number of nitrogens with one attached hydrogen (secondary N) is 1. The summed E-state index contributed by atoms with van der Waals surface area (Å²) in [6, 6.07) is 4.09. The van der Waals surface area contributed by atoms with Gasteiger partial charge in [0, 0.05) is 38.1 Å². The smallest absolute Gasteiger partial charge is 0.130 e. The van der Waals surface area contributed by atoms with Crippen LogP contribution in [-0.4, -0.2) is 25.1 Å². The molecule has 1 N–H and O–H groups in total. The summed E-state index contributed by atoms with van der Waals surface area (Å²) in [5.41, 5.74) is 1.14. The molecule has 0 atom stereocenters. The molecule has 1 saturated heterocycles. The zero-order valence-electron chi connectivity index (χ0n) is 7.95. The van der Waals surface area contributed by atoms with Crippen molar-refractivity contribution in [2.24, 2.45) is 0 Å². The summed E-state index contributed by atoms with van der Waals surface area (Å²) >= 11 is 0. The largest absolute Gasteiger partial charge is 0.388 e. The van der Waals surface area contributed by atoms with Crippen LogP contribution in [0.4, 0.5) is 11.5 Å². The van der Waals surface area contributed by atoms with Crippen LogP contribution in [0.2, 0.25) is 0 Å². The molecule has 2 heterocycles. The fourth-order valence-electron chi connectivity index (χ4n) is 1.69. The maximum absolute atomic E-state index is 4.36. The minimum Gasteiger partial charge on any atom is -0.388 e. The monoisotopic (exact) mass is 177 g/mol. The van der Waals surface area contributed by atoms with Crippen molar-refractivity contribution in [2.75, 3.05) is 30.4 Å². The first kappa shape index (κ1) is 8.35. The Morgan fingerprint density at radius 1 is 1.38 bits per heavy atom. The second-order valence-corrected chi connectivity index (χ2v) is 3.35. The molecule has 2 rings (SSSR count). The van der Waals surface area contributed by atoms with Crippen molar-refractivity contribution in [3.05, 3.63) is 18.3 Å². The van der Waals surface area contributed by atoms with Crippen molar-refractivity contribution < 1.29 is 0 Å². The molecule has 0 aromatic carbocycles. The number of pyridine rings is 1.